The summed E-state index contributed by atoms with van der Waals surface area (Å²) in [6, 6.07) is 10.5. The Kier molecular flexibility index (Phi) is 5.64. The third-order valence-electron chi connectivity index (χ3n) is 4.30. The largest absolute Gasteiger partial charge is 0.507 e. The molecule has 1 amide bonds. The Balaban J connectivity index is 2.31. The zero-order valence-corrected chi connectivity index (χ0v) is 16.9. The highest BCUT2D eigenvalue weighted by molar-refractivity contribution is 5.95. The van der Waals surface area contributed by atoms with Gasteiger partial charge in [0.1, 0.15) is 5.75 Å². The van der Waals surface area contributed by atoms with Crippen LogP contribution in [0.1, 0.15) is 68.6 Å². The van der Waals surface area contributed by atoms with Crippen molar-refractivity contribution in [3.05, 3.63) is 58.7 Å². The Bertz CT molecular complexity index is 820. The molecule has 2 rings (SSSR count). The molecule has 2 aromatic carbocycles. The predicted octanol–water partition coefficient (Wildman–Crippen LogP) is 4.33. The molecule has 5 nitrogen and oxygen atoms in total. The summed E-state index contributed by atoms with van der Waals surface area (Å²) in [5.41, 5.74) is 11.3. The van der Waals surface area contributed by atoms with Gasteiger partial charge in [0.05, 0.1) is 6.21 Å². The molecule has 0 saturated carbocycles. The van der Waals surface area contributed by atoms with Gasteiger partial charge in [0.25, 0.3) is 5.91 Å². The highest BCUT2D eigenvalue weighted by Crippen LogP contribution is 2.39. The molecular formula is C22H29N3O2. The van der Waals surface area contributed by atoms with Gasteiger partial charge in [-0.15, -0.1) is 0 Å². The molecule has 5 heteroatoms. The fourth-order valence-corrected chi connectivity index (χ4v) is 2.74. The van der Waals surface area contributed by atoms with E-state index in [4.69, 9.17) is 5.73 Å². The smallest absolute Gasteiger partial charge is 0.271 e. The fraction of sp³-hybridized carbons (Fsp3) is 0.364. The zero-order chi connectivity index (χ0) is 20.4. The average molecular weight is 367 g/mol. The molecule has 27 heavy (non-hydrogen) atoms. The van der Waals surface area contributed by atoms with Crippen LogP contribution < -0.4 is 11.2 Å². The second kappa shape index (κ2) is 7.43. The van der Waals surface area contributed by atoms with Crippen molar-refractivity contribution in [2.24, 2.45) is 5.10 Å². The molecule has 0 heterocycles. The van der Waals surface area contributed by atoms with Gasteiger partial charge in [-0.3, -0.25) is 4.79 Å². The Morgan fingerprint density at radius 1 is 1.00 bits per heavy atom. The maximum Gasteiger partial charge on any atom is 0.271 e. The summed E-state index contributed by atoms with van der Waals surface area (Å²) in [5.74, 6) is 0.00942. The van der Waals surface area contributed by atoms with Crippen LogP contribution in [-0.2, 0) is 10.8 Å². The number of phenolic OH excluding ortho intramolecular Hbond substituents is 1. The van der Waals surface area contributed by atoms with Crippen molar-refractivity contribution < 1.29 is 9.90 Å². The maximum atomic E-state index is 12.1. The van der Waals surface area contributed by atoms with E-state index in [9.17, 15) is 9.90 Å². The molecule has 0 aliphatic carbocycles. The van der Waals surface area contributed by atoms with Crippen LogP contribution in [0, 0.1) is 0 Å². The van der Waals surface area contributed by atoms with Crippen LogP contribution in [-0.4, -0.2) is 17.2 Å². The van der Waals surface area contributed by atoms with Crippen molar-refractivity contribution in [1.29, 1.82) is 0 Å². The lowest BCUT2D eigenvalue weighted by atomic mass is 9.78. The molecule has 0 fully saturated rings. The monoisotopic (exact) mass is 367 g/mol. The number of hydrazone groups is 1. The lowest BCUT2D eigenvalue weighted by Crippen LogP contribution is -2.19. The van der Waals surface area contributed by atoms with Gasteiger partial charge in [-0.25, -0.2) is 5.43 Å². The molecule has 2 aromatic rings. The minimum atomic E-state index is -0.308. The van der Waals surface area contributed by atoms with Crippen LogP contribution in [0.2, 0.25) is 0 Å². The summed E-state index contributed by atoms with van der Waals surface area (Å²) in [7, 11) is 0. The second-order valence-corrected chi connectivity index (χ2v) is 8.79. The molecule has 144 valence electrons. The van der Waals surface area contributed by atoms with Crippen LogP contribution in [0.5, 0.6) is 5.75 Å². The van der Waals surface area contributed by atoms with Crippen molar-refractivity contribution in [3.63, 3.8) is 0 Å². The third kappa shape index (κ3) is 5.09. The van der Waals surface area contributed by atoms with E-state index in [1.807, 2.05) is 12.1 Å². The van der Waals surface area contributed by atoms with Crippen LogP contribution in [0.15, 0.2) is 41.5 Å². The van der Waals surface area contributed by atoms with Crippen LogP contribution >= 0.6 is 0 Å². The summed E-state index contributed by atoms with van der Waals surface area (Å²) < 4.78 is 0. The second-order valence-electron chi connectivity index (χ2n) is 8.79. The first-order valence-electron chi connectivity index (χ1n) is 8.96. The summed E-state index contributed by atoms with van der Waals surface area (Å²) in [4.78, 5) is 12.1. The van der Waals surface area contributed by atoms with Gasteiger partial charge in [0, 0.05) is 22.4 Å². The highest BCUT2D eigenvalue weighted by atomic mass is 16.3. The number of nitrogens with zero attached hydrogens (tertiary/aromatic N) is 1. The number of hydrogen-bond donors (Lipinski definition) is 3. The molecular weight excluding hydrogens is 338 g/mol. The quantitative estimate of drug-likeness (QED) is 0.428. The van der Waals surface area contributed by atoms with Gasteiger partial charge in [-0.2, -0.15) is 5.10 Å². The molecule has 0 unspecified atom stereocenters. The number of amides is 1. The maximum absolute atomic E-state index is 12.1. The first-order valence-corrected chi connectivity index (χ1v) is 8.96. The van der Waals surface area contributed by atoms with Gasteiger partial charge >= 0.3 is 0 Å². The van der Waals surface area contributed by atoms with Crippen molar-refractivity contribution in [3.8, 4) is 5.75 Å². The fourth-order valence-electron chi connectivity index (χ4n) is 2.74. The topological polar surface area (TPSA) is 87.7 Å². The SMILES string of the molecule is CC(C)(C)c1cc(/C=N/NC(=O)c2ccc(N)cc2)cc(C(C)(C)C)c1O. The van der Waals surface area contributed by atoms with Gasteiger partial charge in [-0.1, -0.05) is 41.5 Å². The number of benzene rings is 2. The normalized spacial score (nSPS) is 12.4. The number of carbonyl (C=O) groups excluding carboxylic acids is 1. The Hall–Kier alpha value is -2.82. The summed E-state index contributed by atoms with van der Waals surface area (Å²) in [6.45, 7) is 12.3. The summed E-state index contributed by atoms with van der Waals surface area (Å²) in [6.07, 6.45) is 1.60. The van der Waals surface area contributed by atoms with Gasteiger partial charge in [0.2, 0.25) is 0 Å². The van der Waals surface area contributed by atoms with Crippen molar-refractivity contribution in [1.82, 2.24) is 5.43 Å². The van der Waals surface area contributed by atoms with Gasteiger partial charge in [0.15, 0.2) is 0 Å². The lowest BCUT2D eigenvalue weighted by Gasteiger charge is -2.27. The number of anilines is 1. The van der Waals surface area contributed by atoms with E-state index in [1.54, 1.807) is 30.5 Å². The number of nitrogens with two attached hydrogens (primary N) is 1. The number of rotatable bonds is 3. The minimum Gasteiger partial charge on any atom is -0.507 e. The molecule has 0 radical (unpaired) electrons. The van der Waals surface area contributed by atoms with E-state index < -0.39 is 0 Å². The Labute approximate surface area is 161 Å². The number of hydrogen-bond acceptors (Lipinski definition) is 4. The number of phenols is 1. The van der Waals surface area contributed by atoms with E-state index >= 15 is 0 Å². The lowest BCUT2D eigenvalue weighted by molar-refractivity contribution is 0.0955. The van der Waals surface area contributed by atoms with E-state index in [0.29, 0.717) is 17.0 Å². The predicted molar refractivity (Wildman–Crippen MR) is 111 cm³/mol. The van der Waals surface area contributed by atoms with E-state index in [2.05, 4.69) is 52.1 Å². The number of aromatic hydroxyl groups is 1. The molecule has 0 aliphatic rings. The first-order chi connectivity index (χ1) is 12.4. The standard InChI is InChI=1S/C22H29N3O2/c1-21(2,3)17-11-14(12-18(19(17)26)22(4,5)6)13-24-25-20(27)15-7-9-16(23)10-8-15/h7-13,26H,23H2,1-6H3,(H,25,27)/b24-13+. The number of nitrogens with one attached hydrogen (secondary N) is 1. The Morgan fingerprint density at radius 2 is 1.48 bits per heavy atom. The number of nitrogen functional groups attached to an aromatic ring is 1. The van der Waals surface area contributed by atoms with Crippen molar-refractivity contribution in [2.75, 3.05) is 5.73 Å². The minimum absolute atomic E-state index is 0.221. The number of carbonyl (C=O) groups is 1. The van der Waals surface area contributed by atoms with Gasteiger partial charge in [-0.05, 0) is 52.8 Å². The molecule has 0 saturated heterocycles. The third-order valence-corrected chi connectivity index (χ3v) is 4.30. The summed E-state index contributed by atoms with van der Waals surface area (Å²) >= 11 is 0. The first kappa shape index (κ1) is 20.5. The average Bonchev–Trinajstić information content (AvgIpc) is 2.54. The summed E-state index contributed by atoms with van der Waals surface area (Å²) in [5, 5.41) is 14.8. The van der Waals surface area contributed by atoms with Crippen molar-refractivity contribution >= 4 is 17.8 Å². The molecule has 0 atom stereocenters. The van der Waals surface area contributed by atoms with Crippen LogP contribution in [0.4, 0.5) is 5.69 Å². The highest BCUT2D eigenvalue weighted by Gasteiger charge is 2.26. The molecule has 0 aliphatic heterocycles. The van der Waals surface area contributed by atoms with E-state index in [-0.39, 0.29) is 16.7 Å². The molecule has 0 bridgehead atoms. The van der Waals surface area contributed by atoms with E-state index in [0.717, 1.165) is 16.7 Å². The van der Waals surface area contributed by atoms with Crippen molar-refractivity contribution in [2.45, 2.75) is 52.4 Å². The van der Waals surface area contributed by atoms with Gasteiger partial charge < -0.3 is 10.8 Å². The molecule has 0 spiro atoms. The van der Waals surface area contributed by atoms with Crippen LogP contribution in [0.25, 0.3) is 0 Å². The molecule has 4 N–H and O–H groups in total. The Morgan fingerprint density at radius 3 is 1.93 bits per heavy atom. The zero-order valence-electron chi connectivity index (χ0n) is 16.9. The van der Waals surface area contributed by atoms with E-state index in [1.165, 1.54) is 0 Å². The molecule has 0 aromatic heterocycles. The van der Waals surface area contributed by atoms with Crippen LogP contribution in [0.3, 0.4) is 0 Å².